The number of carbonyl (C=O) groups is 1. The minimum atomic E-state index is -0.0218. The first-order valence-electron chi connectivity index (χ1n) is 8.82. The molecule has 132 valence electrons. The number of amides is 2. The maximum absolute atomic E-state index is 12.5. The number of rotatable bonds is 3. The average molecular weight is 341 g/mol. The summed E-state index contributed by atoms with van der Waals surface area (Å²) < 4.78 is 7.83. The van der Waals surface area contributed by atoms with Crippen LogP contribution in [-0.2, 0) is 13.5 Å². The number of nitrogens with zero attached hydrogens (tertiary/aromatic N) is 4. The molecule has 25 heavy (non-hydrogen) atoms. The Morgan fingerprint density at radius 3 is 3.08 bits per heavy atom. The van der Waals surface area contributed by atoms with Gasteiger partial charge in [0.25, 0.3) is 0 Å². The van der Waals surface area contributed by atoms with Crippen molar-refractivity contribution in [3.05, 3.63) is 42.0 Å². The molecule has 2 atom stereocenters. The fourth-order valence-corrected chi connectivity index (χ4v) is 3.71. The fraction of sp³-hybridized carbons (Fsp3) is 0.500. The van der Waals surface area contributed by atoms with Gasteiger partial charge in [-0.2, -0.15) is 0 Å². The van der Waals surface area contributed by atoms with Crippen LogP contribution in [0.15, 0.2) is 30.6 Å². The summed E-state index contributed by atoms with van der Waals surface area (Å²) in [7, 11) is 1.95. The lowest BCUT2D eigenvalue weighted by atomic mass is 9.97. The van der Waals surface area contributed by atoms with Crippen LogP contribution in [0.3, 0.4) is 0 Å². The molecule has 0 unspecified atom stereocenters. The van der Waals surface area contributed by atoms with Gasteiger partial charge in [-0.05, 0) is 24.5 Å². The van der Waals surface area contributed by atoms with E-state index in [4.69, 9.17) is 4.74 Å². The maximum atomic E-state index is 12.5. The summed E-state index contributed by atoms with van der Waals surface area (Å²) in [5.74, 6) is 2.13. The SMILES string of the molecule is Cn1cnnc1[C@H]1CCCN(C(=O)NC[C@@H]2Cc3ccccc3O2)C1. The second kappa shape index (κ2) is 6.74. The zero-order valence-electron chi connectivity index (χ0n) is 14.4. The molecule has 0 saturated carbocycles. The molecule has 1 saturated heterocycles. The van der Waals surface area contributed by atoms with E-state index in [0.717, 1.165) is 37.4 Å². The number of fused-ring (bicyclic) bond motifs is 1. The molecule has 3 heterocycles. The van der Waals surface area contributed by atoms with Gasteiger partial charge in [0.1, 0.15) is 24.0 Å². The van der Waals surface area contributed by atoms with Crippen molar-refractivity contribution in [1.29, 1.82) is 0 Å². The predicted molar refractivity (Wildman–Crippen MR) is 92.5 cm³/mol. The monoisotopic (exact) mass is 341 g/mol. The standard InChI is InChI=1S/C18H23N5O2/c1-22-12-20-21-17(22)14-6-4-8-23(11-14)18(24)19-10-15-9-13-5-2-3-7-16(13)25-15/h2-3,5,7,12,14-15H,4,6,8-11H2,1H3,(H,19,24)/t14-,15-/m0/s1. The Hall–Kier alpha value is -2.57. The molecule has 2 aliphatic heterocycles. The number of urea groups is 1. The zero-order valence-corrected chi connectivity index (χ0v) is 14.4. The molecule has 1 aromatic heterocycles. The summed E-state index contributed by atoms with van der Waals surface area (Å²) in [6, 6.07) is 8.02. The third-order valence-electron chi connectivity index (χ3n) is 5.01. The van der Waals surface area contributed by atoms with Gasteiger partial charge in [-0.15, -0.1) is 10.2 Å². The van der Waals surface area contributed by atoms with E-state index in [0.29, 0.717) is 13.1 Å². The summed E-state index contributed by atoms with van der Waals surface area (Å²) >= 11 is 0. The highest BCUT2D eigenvalue weighted by molar-refractivity contribution is 5.74. The predicted octanol–water partition coefficient (Wildman–Crippen LogP) is 1.71. The van der Waals surface area contributed by atoms with E-state index in [1.807, 2.05) is 34.7 Å². The molecule has 0 bridgehead atoms. The molecule has 7 nitrogen and oxygen atoms in total. The van der Waals surface area contributed by atoms with Crippen LogP contribution in [0.1, 0.15) is 30.1 Å². The smallest absolute Gasteiger partial charge is 0.317 e. The lowest BCUT2D eigenvalue weighted by Crippen LogP contribution is -2.47. The van der Waals surface area contributed by atoms with E-state index in [2.05, 4.69) is 21.6 Å². The lowest BCUT2D eigenvalue weighted by Gasteiger charge is -2.32. The van der Waals surface area contributed by atoms with Crippen molar-refractivity contribution in [2.24, 2.45) is 7.05 Å². The van der Waals surface area contributed by atoms with Crippen LogP contribution in [0, 0.1) is 0 Å². The third-order valence-corrected chi connectivity index (χ3v) is 5.01. The van der Waals surface area contributed by atoms with Gasteiger partial charge in [-0.25, -0.2) is 4.79 Å². The molecule has 4 rings (SSSR count). The van der Waals surface area contributed by atoms with E-state index in [9.17, 15) is 4.79 Å². The molecule has 0 radical (unpaired) electrons. The van der Waals surface area contributed by atoms with Gasteiger partial charge < -0.3 is 19.5 Å². The van der Waals surface area contributed by atoms with Gasteiger partial charge >= 0.3 is 6.03 Å². The molecule has 1 aromatic carbocycles. The molecule has 2 aliphatic rings. The summed E-state index contributed by atoms with van der Waals surface area (Å²) in [5, 5.41) is 11.2. The third kappa shape index (κ3) is 3.31. The largest absolute Gasteiger partial charge is 0.488 e. The Balaban J connectivity index is 1.30. The zero-order chi connectivity index (χ0) is 17.2. The van der Waals surface area contributed by atoms with Gasteiger partial charge in [0.15, 0.2) is 0 Å². The van der Waals surface area contributed by atoms with E-state index in [-0.39, 0.29) is 18.1 Å². The Morgan fingerprint density at radius 1 is 1.40 bits per heavy atom. The minimum absolute atomic E-state index is 0.0145. The van der Waals surface area contributed by atoms with Crippen LogP contribution < -0.4 is 10.1 Å². The number of nitrogens with one attached hydrogen (secondary N) is 1. The molecular formula is C18H23N5O2. The number of likely N-dealkylation sites (tertiary alicyclic amines) is 1. The number of para-hydroxylation sites is 1. The van der Waals surface area contributed by atoms with Crippen LogP contribution in [0.5, 0.6) is 5.75 Å². The van der Waals surface area contributed by atoms with Crippen LogP contribution in [0.2, 0.25) is 0 Å². The Kier molecular flexibility index (Phi) is 4.29. The number of benzene rings is 1. The van der Waals surface area contributed by atoms with Gasteiger partial charge in [0.2, 0.25) is 0 Å². The van der Waals surface area contributed by atoms with E-state index >= 15 is 0 Å². The second-order valence-electron chi connectivity index (χ2n) is 6.82. The fourth-order valence-electron chi connectivity index (χ4n) is 3.71. The molecule has 2 amide bonds. The molecular weight excluding hydrogens is 318 g/mol. The molecule has 1 fully saturated rings. The second-order valence-corrected chi connectivity index (χ2v) is 6.82. The summed E-state index contributed by atoms with van der Waals surface area (Å²) in [6.07, 6.45) is 4.59. The molecule has 0 spiro atoms. The summed E-state index contributed by atoms with van der Waals surface area (Å²) in [5.41, 5.74) is 1.21. The van der Waals surface area contributed by atoms with Gasteiger partial charge in [0.05, 0.1) is 6.54 Å². The lowest BCUT2D eigenvalue weighted by molar-refractivity contribution is 0.168. The van der Waals surface area contributed by atoms with E-state index in [1.54, 1.807) is 6.33 Å². The quantitative estimate of drug-likeness (QED) is 0.922. The van der Waals surface area contributed by atoms with Crippen molar-refractivity contribution in [2.45, 2.75) is 31.3 Å². The number of carbonyl (C=O) groups excluding carboxylic acids is 1. The number of hydrogen-bond acceptors (Lipinski definition) is 4. The highest BCUT2D eigenvalue weighted by Gasteiger charge is 2.28. The highest BCUT2D eigenvalue weighted by Crippen LogP contribution is 2.28. The normalized spacial score (nSPS) is 22.4. The first-order chi connectivity index (χ1) is 12.2. The van der Waals surface area contributed by atoms with Gasteiger partial charge in [-0.1, -0.05) is 18.2 Å². The van der Waals surface area contributed by atoms with Crippen molar-refractivity contribution >= 4 is 6.03 Å². The number of piperidine rings is 1. The number of ether oxygens (including phenoxy) is 1. The van der Waals surface area contributed by atoms with Crippen LogP contribution in [0.25, 0.3) is 0 Å². The Labute approximate surface area is 147 Å². The van der Waals surface area contributed by atoms with Crippen LogP contribution >= 0.6 is 0 Å². The molecule has 1 N–H and O–H groups in total. The number of aromatic nitrogens is 3. The summed E-state index contributed by atoms with van der Waals surface area (Å²) in [4.78, 5) is 14.4. The molecule has 2 aromatic rings. The highest BCUT2D eigenvalue weighted by atomic mass is 16.5. The number of aryl methyl sites for hydroxylation is 1. The first-order valence-corrected chi connectivity index (χ1v) is 8.82. The number of hydrogen-bond donors (Lipinski definition) is 1. The van der Waals surface area contributed by atoms with Crippen molar-refractivity contribution in [3.8, 4) is 5.75 Å². The van der Waals surface area contributed by atoms with Crippen LogP contribution in [0.4, 0.5) is 4.79 Å². The molecule has 7 heteroatoms. The average Bonchev–Trinajstić information content (AvgIpc) is 3.25. The van der Waals surface area contributed by atoms with Crippen LogP contribution in [-0.4, -0.2) is 51.4 Å². The van der Waals surface area contributed by atoms with Crippen molar-refractivity contribution in [2.75, 3.05) is 19.6 Å². The van der Waals surface area contributed by atoms with Gasteiger partial charge in [-0.3, -0.25) is 0 Å². The van der Waals surface area contributed by atoms with Crippen molar-refractivity contribution in [3.63, 3.8) is 0 Å². The Morgan fingerprint density at radius 2 is 2.28 bits per heavy atom. The first kappa shape index (κ1) is 15.9. The van der Waals surface area contributed by atoms with Crippen molar-refractivity contribution in [1.82, 2.24) is 25.0 Å². The maximum Gasteiger partial charge on any atom is 0.317 e. The van der Waals surface area contributed by atoms with E-state index < -0.39 is 0 Å². The van der Waals surface area contributed by atoms with Crippen molar-refractivity contribution < 1.29 is 9.53 Å². The summed E-state index contributed by atoms with van der Waals surface area (Å²) in [6.45, 7) is 1.99. The Bertz CT molecular complexity index is 734. The van der Waals surface area contributed by atoms with E-state index in [1.165, 1.54) is 5.56 Å². The minimum Gasteiger partial charge on any atom is -0.488 e. The molecule has 0 aliphatic carbocycles. The topological polar surface area (TPSA) is 72.3 Å². The van der Waals surface area contributed by atoms with Gasteiger partial charge in [0, 0.05) is 32.5 Å².